The SMILES string of the molecule is CCNS(=O)(=O)c1ccc(C(=O)O[C@@H](C)C(=O)Nc2ccc(OC)cc2)cc1. The minimum atomic E-state index is -3.60. The highest BCUT2D eigenvalue weighted by molar-refractivity contribution is 7.89. The Kier molecular flexibility index (Phi) is 7.13. The summed E-state index contributed by atoms with van der Waals surface area (Å²) in [7, 11) is -2.07. The Morgan fingerprint density at radius 1 is 1.04 bits per heavy atom. The molecule has 0 spiro atoms. The number of ether oxygens (including phenoxy) is 2. The van der Waals surface area contributed by atoms with Gasteiger partial charge in [-0.15, -0.1) is 0 Å². The van der Waals surface area contributed by atoms with Crippen LogP contribution in [0.2, 0.25) is 0 Å². The maximum absolute atomic E-state index is 12.2. The lowest BCUT2D eigenvalue weighted by Crippen LogP contribution is -2.30. The van der Waals surface area contributed by atoms with Crippen LogP contribution in [0, 0.1) is 0 Å². The van der Waals surface area contributed by atoms with Crippen LogP contribution in [-0.4, -0.2) is 40.1 Å². The highest BCUT2D eigenvalue weighted by Gasteiger charge is 2.20. The van der Waals surface area contributed by atoms with Crippen molar-refractivity contribution < 1.29 is 27.5 Å². The molecule has 2 rings (SSSR count). The first kappa shape index (κ1) is 21.4. The van der Waals surface area contributed by atoms with Gasteiger partial charge < -0.3 is 14.8 Å². The molecule has 0 saturated carbocycles. The number of hydrogen-bond acceptors (Lipinski definition) is 6. The number of benzene rings is 2. The molecule has 0 heterocycles. The van der Waals surface area contributed by atoms with Crippen molar-refractivity contribution in [1.82, 2.24) is 4.72 Å². The number of amides is 1. The van der Waals surface area contributed by atoms with Crippen LogP contribution in [0.5, 0.6) is 5.75 Å². The summed E-state index contributed by atoms with van der Waals surface area (Å²) in [6.45, 7) is 3.37. The van der Waals surface area contributed by atoms with Crippen LogP contribution in [0.15, 0.2) is 53.4 Å². The standard InChI is InChI=1S/C19H22N2O6S/c1-4-20-28(24,25)17-11-5-14(6-12-17)19(23)27-13(2)18(22)21-15-7-9-16(26-3)10-8-15/h5-13,20H,4H2,1-3H3,(H,21,22)/t13-/m0/s1. The Balaban J connectivity index is 1.98. The van der Waals surface area contributed by atoms with Crippen molar-refractivity contribution in [3.05, 3.63) is 54.1 Å². The van der Waals surface area contributed by atoms with E-state index in [-0.39, 0.29) is 17.0 Å². The highest BCUT2D eigenvalue weighted by atomic mass is 32.2. The Labute approximate surface area is 163 Å². The van der Waals surface area contributed by atoms with Gasteiger partial charge in [0, 0.05) is 12.2 Å². The van der Waals surface area contributed by atoms with E-state index in [9.17, 15) is 18.0 Å². The lowest BCUT2D eigenvalue weighted by molar-refractivity contribution is -0.123. The fraction of sp³-hybridized carbons (Fsp3) is 0.263. The number of sulfonamides is 1. The molecule has 8 nitrogen and oxygen atoms in total. The first-order valence-corrected chi connectivity index (χ1v) is 10.0. The van der Waals surface area contributed by atoms with Crippen LogP contribution in [0.1, 0.15) is 24.2 Å². The van der Waals surface area contributed by atoms with Crippen LogP contribution in [0.3, 0.4) is 0 Å². The van der Waals surface area contributed by atoms with Crippen molar-refractivity contribution >= 4 is 27.6 Å². The molecule has 150 valence electrons. The normalized spacial score (nSPS) is 12.1. The van der Waals surface area contributed by atoms with Crippen LogP contribution >= 0.6 is 0 Å². The lowest BCUT2D eigenvalue weighted by atomic mass is 10.2. The minimum absolute atomic E-state index is 0.0381. The summed E-state index contributed by atoms with van der Waals surface area (Å²) >= 11 is 0. The van der Waals surface area contributed by atoms with Gasteiger partial charge in [-0.3, -0.25) is 4.79 Å². The van der Waals surface area contributed by atoms with Gasteiger partial charge in [0.1, 0.15) is 5.75 Å². The van der Waals surface area contributed by atoms with Gasteiger partial charge >= 0.3 is 5.97 Å². The zero-order valence-electron chi connectivity index (χ0n) is 15.8. The monoisotopic (exact) mass is 406 g/mol. The van der Waals surface area contributed by atoms with Crippen molar-refractivity contribution in [2.24, 2.45) is 0 Å². The number of methoxy groups -OCH3 is 1. The average molecular weight is 406 g/mol. The van der Waals surface area contributed by atoms with Gasteiger partial charge in [-0.25, -0.2) is 17.9 Å². The van der Waals surface area contributed by atoms with E-state index in [1.54, 1.807) is 31.2 Å². The molecule has 0 fully saturated rings. The van der Waals surface area contributed by atoms with E-state index in [0.717, 1.165) is 0 Å². The molecule has 0 aliphatic heterocycles. The second kappa shape index (κ2) is 9.34. The first-order chi connectivity index (χ1) is 13.3. The fourth-order valence-corrected chi connectivity index (χ4v) is 3.28. The highest BCUT2D eigenvalue weighted by Crippen LogP contribution is 2.16. The third kappa shape index (κ3) is 5.54. The van der Waals surface area contributed by atoms with E-state index in [2.05, 4.69) is 10.0 Å². The van der Waals surface area contributed by atoms with Gasteiger partial charge in [-0.05, 0) is 55.5 Å². The quantitative estimate of drug-likeness (QED) is 0.650. The van der Waals surface area contributed by atoms with Gasteiger partial charge in [0.2, 0.25) is 10.0 Å². The first-order valence-electron chi connectivity index (χ1n) is 8.52. The summed E-state index contributed by atoms with van der Waals surface area (Å²) in [5.74, 6) is -0.577. The number of carbonyl (C=O) groups is 2. The zero-order valence-corrected chi connectivity index (χ0v) is 16.6. The van der Waals surface area contributed by atoms with Gasteiger partial charge in [0.05, 0.1) is 17.6 Å². The predicted molar refractivity (Wildman–Crippen MR) is 104 cm³/mol. The summed E-state index contributed by atoms with van der Waals surface area (Å²) in [5, 5.41) is 2.63. The Hall–Kier alpha value is -2.91. The van der Waals surface area contributed by atoms with E-state index >= 15 is 0 Å². The van der Waals surface area contributed by atoms with Crippen LogP contribution < -0.4 is 14.8 Å². The summed E-state index contributed by atoms with van der Waals surface area (Å²) < 4.78 is 36.4. The number of esters is 1. The number of rotatable bonds is 8. The van der Waals surface area contributed by atoms with E-state index in [0.29, 0.717) is 11.4 Å². The molecule has 1 atom stereocenters. The van der Waals surface area contributed by atoms with Crippen molar-refractivity contribution in [2.75, 3.05) is 19.0 Å². The van der Waals surface area contributed by atoms with Crippen molar-refractivity contribution in [3.8, 4) is 5.75 Å². The van der Waals surface area contributed by atoms with Crippen LogP contribution in [0.4, 0.5) is 5.69 Å². The number of nitrogens with one attached hydrogen (secondary N) is 2. The second-order valence-corrected chi connectivity index (χ2v) is 7.56. The molecule has 2 aromatic carbocycles. The maximum Gasteiger partial charge on any atom is 0.338 e. The maximum atomic E-state index is 12.2. The third-order valence-electron chi connectivity index (χ3n) is 3.75. The molecule has 0 bridgehead atoms. The number of hydrogen-bond donors (Lipinski definition) is 2. The molecule has 1 amide bonds. The summed E-state index contributed by atoms with van der Waals surface area (Å²) in [6, 6.07) is 12.0. The molecular formula is C19H22N2O6S. The summed E-state index contributed by atoms with van der Waals surface area (Å²) in [5.41, 5.74) is 0.672. The molecule has 28 heavy (non-hydrogen) atoms. The molecule has 0 aromatic heterocycles. The molecule has 0 radical (unpaired) electrons. The number of carbonyl (C=O) groups excluding carboxylic acids is 2. The minimum Gasteiger partial charge on any atom is -0.497 e. The second-order valence-electron chi connectivity index (χ2n) is 5.79. The molecule has 0 unspecified atom stereocenters. The van der Waals surface area contributed by atoms with E-state index < -0.39 is 28.0 Å². The van der Waals surface area contributed by atoms with E-state index in [4.69, 9.17) is 9.47 Å². The van der Waals surface area contributed by atoms with E-state index in [1.807, 2.05) is 0 Å². The van der Waals surface area contributed by atoms with Gasteiger partial charge in [0.15, 0.2) is 6.10 Å². The van der Waals surface area contributed by atoms with Gasteiger partial charge in [0.25, 0.3) is 5.91 Å². The van der Waals surface area contributed by atoms with E-state index in [1.165, 1.54) is 38.3 Å². The summed E-state index contributed by atoms with van der Waals surface area (Å²) in [6.07, 6.45) is -1.04. The van der Waals surface area contributed by atoms with Gasteiger partial charge in [-0.1, -0.05) is 6.92 Å². The molecule has 2 aromatic rings. The smallest absolute Gasteiger partial charge is 0.338 e. The van der Waals surface area contributed by atoms with Gasteiger partial charge in [-0.2, -0.15) is 0 Å². The largest absolute Gasteiger partial charge is 0.497 e. The Bertz CT molecular complexity index is 924. The molecule has 0 saturated heterocycles. The topological polar surface area (TPSA) is 111 Å². The molecule has 0 aliphatic carbocycles. The molecule has 2 N–H and O–H groups in total. The Morgan fingerprint density at radius 3 is 2.18 bits per heavy atom. The molecule has 9 heteroatoms. The third-order valence-corrected chi connectivity index (χ3v) is 5.31. The molecule has 0 aliphatic rings. The summed E-state index contributed by atoms with van der Waals surface area (Å²) in [4.78, 5) is 24.4. The Morgan fingerprint density at radius 2 is 1.64 bits per heavy atom. The van der Waals surface area contributed by atoms with Crippen LogP contribution in [0.25, 0.3) is 0 Å². The number of anilines is 1. The van der Waals surface area contributed by atoms with Crippen molar-refractivity contribution in [2.45, 2.75) is 24.8 Å². The average Bonchev–Trinajstić information content (AvgIpc) is 2.68. The zero-order chi connectivity index (χ0) is 20.7. The van der Waals surface area contributed by atoms with Crippen LogP contribution in [-0.2, 0) is 19.6 Å². The fourth-order valence-electron chi connectivity index (χ4n) is 2.24. The predicted octanol–water partition coefficient (Wildman–Crippen LogP) is 2.18. The van der Waals surface area contributed by atoms with Crippen molar-refractivity contribution in [3.63, 3.8) is 0 Å². The van der Waals surface area contributed by atoms with Crippen molar-refractivity contribution in [1.29, 1.82) is 0 Å². The lowest BCUT2D eigenvalue weighted by Gasteiger charge is -2.14. The molecular weight excluding hydrogens is 384 g/mol.